The summed E-state index contributed by atoms with van der Waals surface area (Å²) >= 11 is 0. The van der Waals surface area contributed by atoms with Crippen LogP contribution in [0.3, 0.4) is 0 Å². The van der Waals surface area contributed by atoms with Gasteiger partial charge in [0.1, 0.15) is 23.9 Å². The summed E-state index contributed by atoms with van der Waals surface area (Å²) in [7, 11) is 1.65. The Morgan fingerprint density at radius 1 is 1.03 bits per heavy atom. The van der Waals surface area contributed by atoms with Crippen LogP contribution in [0, 0.1) is 0 Å². The number of aryl methyl sites for hydroxylation is 1. The second kappa shape index (κ2) is 8.94. The molecule has 0 amide bonds. The van der Waals surface area contributed by atoms with Crippen molar-refractivity contribution >= 4 is 28.8 Å². The number of rotatable bonds is 7. The molecule has 5 heteroatoms. The van der Waals surface area contributed by atoms with Crippen molar-refractivity contribution in [2.75, 3.05) is 7.11 Å². The normalized spacial score (nSPS) is 13.7. The molecule has 0 bridgehead atoms. The first kappa shape index (κ1) is 21.6. The number of ketones is 1. The summed E-state index contributed by atoms with van der Waals surface area (Å²) < 4.78 is 19.4. The minimum Gasteiger partial charge on any atom is -0.497 e. The maximum absolute atomic E-state index is 13.0. The van der Waals surface area contributed by atoms with Gasteiger partial charge in [-0.3, -0.25) is 4.79 Å². The molecule has 170 valence electrons. The minimum atomic E-state index is -0.137. The first-order valence-electron chi connectivity index (χ1n) is 11.2. The Morgan fingerprint density at radius 3 is 2.56 bits per heavy atom. The van der Waals surface area contributed by atoms with Crippen LogP contribution in [0.5, 0.6) is 17.2 Å². The van der Waals surface area contributed by atoms with Gasteiger partial charge in [0.15, 0.2) is 5.76 Å². The number of benzene rings is 3. The quantitative estimate of drug-likeness (QED) is 0.301. The highest BCUT2D eigenvalue weighted by molar-refractivity contribution is 6.15. The molecule has 0 atom stereocenters. The van der Waals surface area contributed by atoms with E-state index in [1.807, 2.05) is 48.7 Å². The molecule has 4 aromatic rings. The molecule has 5 rings (SSSR count). The second-order valence-electron chi connectivity index (χ2n) is 8.09. The fourth-order valence-corrected chi connectivity index (χ4v) is 4.12. The molecule has 1 aliphatic heterocycles. The van der Waals surface area contributed by atoms with Gasteiger partial charge in [-0.05, 0) is 54.5 Å². The van der Waals surface area contributed by atoms with Gasteiger partial charge in [-0.15, -0.1) is 0 Å². The van der Waals surface area contributed by atoms with Crippen molar-refractivity contribution in [3.63, 3.8) is 0 Å². The van der Waals surface area contributed by atoms with E-state index in [-0.39, 0.29) is 5.78 Å². The zero-order valence-electron chi connectivity index (χ0n) is 19.2. The molecule has 1 aromatic heterocycles. The SMILES string of the molecule is C=Cc1ccc(COc2ccc3c(c2)O/C(=C\c2cn(CC)c4ccc(OC)cc24)C3=O)cc1. The standard InChI is InChI=1S/C29H25NO4/c1-4-19-6-8-20(9-7-19)18-33-23-10-12-24-27(16-23)34-28(29(24)31)14-21-17-30(5-2)26-13-11-22(32-3)15-25(21)26/h4,6-17H,1,5,18H2,2-3H3/b28-14-. The van der Waals surface area contributed by atoms with E-state index >= 15 is 0 Å². The van der Waals surface area contributed by atoms with Crippen LogP contribution < -0.4 is 14.2 Å². The van der Waals surface area contributed by atoms with Crippen LogP contribution in [0.25, 0.3) is 23.1 Å². The van der Waals surface area contributed by atoms with Crippen molar-refractivity contribution < 1.29 is 19.0 Å². The fourth-order valence-electron chi connectivity index (χ4n) is 4.12. The molecule has 0 radical (unpaired) electrons. The number of Topliss-reactive ketones (excluding diaryl/α,β-unsaturated/α-hetero) is 1. The molecular weight excluding hydrogens is 426 g/mol. The first-order valence-corrected chi connectivity index (χ1v) is 11.2. The monoisotopic (exact) mass is 451 g/mol. The molecule has 0 aliphatic carbocycles. The minimum absolute atomic E-state index is 0.137. The summed E-state index contributed by atoms with van der Waals surface area (Å²) in [6.07, 6.45) is 5.64. The van der Waals surface area contributed by atoms with Crippen LogP contribution in [-0.2, 0) is 13.2 Å². The molecule has 0 spiro atoms. The molecule has 34 heavy (non-hydrogen) atoms. The number of carbonyl (C=O) groups excluding carboxylic acids is 1. The highest BCUT2D eigenvalue weighted by atomic mass is 16.5. The molecule has 0 N–H and O–H groups in total. The van der Waals surface area contributed by atoms with Crippen LogP contribution in [0.2, 0.25) is 0 Å². The first-order chi connectivity index (χ1) is 16.6. The molecule has 2 heterocycles. The zero-order chi connectivity index (χ0) is 23.7. The lowest BCUT2D eigenvalue weighted by Gasteiger charge is -2.07. The number of allylic oxidation sites excluding steroid dienone is 1. The van der Waals surface area contributed by atoms with Crippen molar-refractivity contribution in [3.8, 4) is 17.2 Å². The predicted molar refractivity (Wildman–Crippen MR) is 134 cm³/mol. The smallest absolute Gasteiger partial charge is 0.231 e. The molecule has 5 nitrogen and oxygen atoms in total. The van der Waals surface area contributed by atoms with E-state index in [1.165, 1.54) is 0 Å². The average Bonchev–Trinajstić information content (AvgIpc) is 3.39. The maximum atomic E-state index is 13.0. The molecule has 0 fully saturated rings. The van der Waals surface area contributed by atoms with E-state index in [0.717, 1.165) is 39.9 Å². The third-order valence-corrected chi connectivity index (χ3v) is 6.01. The van der Waals surface area contributed by atoms with Gasteiger partial charge in [0.2, 0.25) is 5.78 Å². The number of methoxy groups -OCH3 is 1. The largest absolute Gasteiger partial charge is 0.497 e. The van der Waals surface area contributed by atoms with Crippen molar-refractivity contribution in [1.82, 2.24) is 4.57 Å². The summed E-state index contributed by atoms with van der Waals surface area (Å²) in [6.45, 7) is 7.10. The molecule has 3 aromatic carbocycles. The number of carbonyl (C=O) groups is 1. The number of ether oxygens (including phenoxy) is 3. The Morgan fingerprint density at radius 2 is 1.82 bits per heavy atom. The van der Waals surface area contributed by atoms with E-state index in [2.05, 4.69) is 18.1 Å². The molecule has 1 aliphatic rings. The Labute approximate surface area is 198 Å². The van der Waals surface area contributed by atoms with Gasteiger partial charge in [0.25, 0.3) is 0 Å². The Balaban J connectivity index is 1.39. The summed E-state index contributed by atoms with van der Waals surface area (Å²) in [5.41, 5.74) is 4.63. The van der Waals surface area contributed by atoms with Gasteiger partial charge in [0.05, 0.1) is 12.7 Å². The number of fused-ring (bicyclic) bond motifs is 2. The van der Waals surface area contributed by atoms with Crippen LogP contribution in [-0.4, -0.2) is 17.5 Å². The average molecular weight is 452 g/mol. The van der Waals surface area contributed by atoms with E-state index in [0.29, 0.717) is 29.4 Å². The number of hydrogen-bond acceptors (Lipinski definition) is 4. The Bertz CT molecular complexity index is 1430. The van der Waals surface area contributed by atoms with Crippen molar-refractivity contribution in [1.29, 1.82) is 0 Å². The van der Waals surface area contributed by atoms with Crippen LogP contribution in [0.1, 0.15) is 34.0 Å². The van der Waals surface area contributed by atoms with Crippen LogP contribution >= 0.6 is 0 Å². The van der Waals surface area contributed by atoms with Gasteiger partial charge >= 0.3 is 0 Å². The van der Waals surface area contributed by atoms with E-state index in [9.17, 15) is 4.79 Å². The highest BCUT2D eigenvalue weighted by Gasteiger charge is 2.28. The third kappa shape index (κ3) is 3.97. The molecule has 0 saturated carbocycles. The van der Waals surface area contributed by atoms with E-state index < -0.39 is 0 Å². The summed E-state index contributed by atoms with van der Waals surface area (Å²) in [5.74, 6) is 2.08. The van der Waals surface area contributed by atoms with Gasteiger partial charge in [-0.25, -0.2) is 0 Å². The van der Waals surface area contributed by atoms with E-state index in [1.54, 1.807) is 37.5 Å². The van der Waals surface area contributed by atoms with Crippen molar-refractivity contribution in [3.05, 3.63) is 101 Å². The highest BCUT2D eigenvalue weighted by Crippen LogP contribution is 2.36. The number of hydrogen-bond donors (Lipinski definition) is 0. The summed E-state index contributed by atoms with van der Waals surface area (Å²) in [4.78, 5) is 13.0. The lowest BCUT2D eigenvalue weighted by Crippen LogP contribution is -1.98. The molecule has 0 unspecified atom stereocenters. The van der Waals surface area contributed by atoms with Gasteiger partial charge < -0.3 is 18.8 Å². The Hall–Kier alpha value is -4.25. The number of aromatic nitrogens is 1. The second-order valence-corrected chi connectivity index (χ2v) is 8.09. The summed E-state index contributed by atoms with van der Waals surface area (Å²) in [6, 6.07) is 19.3. The predicted octanol–water partition coefficient (Wildman–Crippen LogP) is 6.51. The summed E-state index contributed by atoms with van der Waals surface area (Å²) in [5, 5.41) is 1.01. The van der Waals surface area contributed by atoms with Gasteiger partial charge in [0, 0.05) is 35.3 Å². The maximum Gasteiger partial charge on any atom is 0.231 e. The topological polar surface area (TPSA) is 49.7 Å². The zero-order valence-corrected chi connectivity index (χ0v) is 19.2. The van der Waals surface area contributed by atoms with Crippen molar-refractivity contribution in [2.24, 2.45) is 0 Å². The third-order valence-electron chi connectivity index (χ3n) is 6.01. The van der Waals surface area contributed by atoms with Crippen LogP contribution in [0.4, 0.5) is 0 Å². The molecular formula is C29H25NO4. The lowest BCUT2D eigenvalue weighted by atomic mass is 10.1. The fraction of sp³-hybridized carbons (Fsp3) is 0.138. The van der Waals surface area contributed by atoms with Crippen molar-refractivity contribution in [2.45, 2.75) is 20.1 Å². The Kier molecular flexibility index (Phi) is 5.68. The lowest BCUT2D eigenvalue weighted by molar-refractivity contribution is 0.101. The molecule has 0 saturated heterocycles. The van der Waals surface area contributed by atoms with Gasteiger partial charge in [-0.2, -0.15) is 0 Å². The van der Waals surface area contributed by atoms with Crippen LogP contribution in [0.15, 0.2) is 79.2 Å². The van der Waals surface area contributed by atoms with E-state index in [4.69, 9.17) is 14.2 Å². The van der Waals surface area contributed by atoms with Gasteiger partial charge in [-0.1, -0.05) is 36.9 Å². The number of nitrogens with zero attached hydrogens (tertiary/aromatic N) is 1.